The molecule has 2 N–H and O–H groups in total. The largest absolute Gasteiger partial charge is 0.457 e. The number of hydrogen-bond acceptors (Lipinski definition) is 3. The topological polar surface area (TPSA) is 58.6 Å². The molecule has 0 radical (unpaired) electrons. The lowest BCUT2D eigenvalue weighted by atomic mass is 10.1. The molecule has 0 saturated carbocycles. The van der Waals surface area contributed by atoms with E-state index in [0.29, 0.717) is 17.1 Å². The molecule has 0 bridgehead atoms. The number of hydrogen-bond donors (Lipinski definition) is 2. The van der Waals surface area contributed by atoms with Crippen LogP contribution >= 0.6 is 0 Å². The molecule has 0 fully saturated rings. The number of aliphatic hydroxyl groups excluding tert-OH is 1. The van der Waals surface area contributed by atoms with Gasteiger partial charge in [0.1, 0.15) is 11.5 Å². The van der Waals surface area contributed by atoms with Crippen LogP contribution in [0.1, 0.15) is 22.0 Å². The van der Waals surface area contributed by atoms with E-state index < -0.39 is 6.10 Å². The van der Waals surface area contributed by atoms with Crippen molar-refractivity contribution in [1.82, 2.24) is 5.32 Å². The highest BCUT2D eigenvalue weighted by atomic mass is 16.5. The Morgan fingerprint density at radius 1 is 0.880 bits per heavy atom. The first-order valence-electron chi connectivity index (χ1n) is 8.07. The molecular weight excluding hydrogens is 314 g/mol. The summed E-state index contributed by atoms with van der Waals surface area (Å²) in [6.45, 7) is 0.127. The van der Waals surface area contributed by atoms with E-state index in [1.807, 2.05) is 66.7 Å². The maximum Gasteiger partial charge on any atom is 0.255 e. The van der Waals surface area contributed by atoms with Crippen LogP contribution in [0.4, 0.5) is 0 Å². The summed E-state index contributed by atoms with van der Waals surface area (Å²) < 4.78 is 5.80. The van der Waals surface area contributed by atoms with E-state index in [1.165, 1.54) is 0 Å². The third-order valence-electron chi connectivity index (χ3n) is 3.74. The molecule has 4 nitrogen and oxygen atoms in total. The SMILES string of the molecule is O=C(NCC(O)c1ccccc1)c1ccccc1Oc1ccccc1. The van der Waals surface area contributed by atoms with Crippen molar-refractivity contribution in [3.05, 3.63) is 96.1 Å². The number of carbonyl (C=O) groups excluding carboxylic acids is 1. The Balaban J connectivity index is 1.68. The first kappa shape index (κ1) is 16.7. The number of nitrogens with one attached hydrogen (secondary N) is 1. The quantitative estimate of drug-likeness (QED) is 0.718. The van der Waals surface area contributed by atoms with Crippen LogP contribution in [0.2, 0.25) is 0 Å². The van der Waals surface area contributed by atoms with Crippen molar-refractivity contribution in [2.24, 2.45) is 0 Å². The molecule has 0 heterocycles. The molecule has 1 amide bonds. The summed E-state index contributed by atoms with van der Waals surface area (Å²) in [4.78, 5) is 12.5. The Morgan fingerprint density at radius 2 is 1.48 bits per heavy atom. The minimum Gasteiger partial charge on any atom is -0.457 e. The van der Waals surface area contributed by atoms with Gasteiger partial charge in [0, 0.05) is 6.54 Å². The number of carbonyl (C=O) groups is 1. The Kier molecular flexibility index (Phi) is 5.44. The Bertz CT molecular complexity index is 819. The first-order chi connectivity index (χ1) is 12.2. The molecule has 0 saturated heterocycles. The van der Waals surface area contributed by atoms with Crippen molar-refractivity contribution in [2.45, 2.75) is 6.10 Å². The van der Waals surface area contributed by atoms with E-state index in [-0.39, 0.29) is 12.5 Å². The minimum absolute atomic E-state index is 0.127. The molecule has 3 aromatic rings. The first-order valence-corrected chi connectivity index (χ1v) is 8.07. The van der Waals surface area contributed by atoms with Gasteiger partial charge in [0.25, 0.3) is 5.91 Å². The van der Waals surface area contributed by atoms with Gasteiger partial charge in [0.15, 0.2) is 0 Å². The smallest absolute Gasteiger partial charge is 0.255 e. The molecule has 0 aliphatic heterocycles. The monoisotopic (exact) mass is 333 g/mol. The summed E-state index contributed by atoms with van der Waals surface area (Å²) in [5, 5.41) is 12.9. The summed E-state index contributed by atoms with van der Waals surface area (Å²) >= 11 is 0. The summed E-state index contributed by atoms with van der Waals surface area (Å²) in [6, 6.07) is 25.6. The fourth-order valence-corrected chi connectivity index (χ4v) is 2.44. The predicted octanol–water partition coefficient (Wildman–Crippen LogP) is 3.94. The van der Waals surface area contributed by atoms with Gasteiger partial charge in [0.2, 0.25) is 0 Å². The summed E-state index contributed by atoms with van der Waals surface area (Å²) in [6.07, 6.45) is -0.757. The number of amides is 1. The van der Waals surface area contributed by atoms with Gasteiger partial charge < -0.3 is 15.2 Å². The summed E-state index contributed by atoms with van der Waals surface area (Å²) in [5.74, 6) is 0.842. The molecular formula is C21H19NO3. The molecule has 0 aliphatic rings. The lowest BCUT2D eigenvalue weighted by Gasteiger charge is -2.14. The number of para-hydroxylation sites is 2. The molecule has 126 valence electrons. The van der Waals surface area contributed by atoms with E-state index in [4.69, 9.17) is 4.74 Å². The third kappa shape index (κ3) is 4.46. The van der Waals surface area contributed by atoms with Gasteiger partial charge in [-0.05, 0) is 29.8 Å². The van der Waals surface area contributed by atoms with E-state index in [0.717, 1.165) is 5.56 Å². The zero-order valence-corrected chi connectivity index (χ0v) is 13.6. The van der Waals surface area contributed by atoms with Crippen molar-refractivity contribution in [2.75, 3.05) is 6.54 Å². The van der Waals surface area contributed by atoms with Crippen LogP contribution in [-0.2, 0) is 0 Å². The zero-order chi connectivity index (χ0) is 17.5. The molecule has 25 heavy (non-hydrogen) atoms. The molecule has 4 heteroatoms. The average Bonchev–Trinajstić information content (AvgIpc) is 2.68. The normalized spacial score (nSPS) is 11.6. The Morgan fingerprint density at radius 3 is 2.20 bits per heavy atom. The standard InChI is InChI=1S/C21H19NO3/c23-19(16-9-3-1-4-10-16)15-22-21(24)18-13-7-8-14-20(18)25-17-11-5-2-6-12-17/h1-14,19,23H,15H2,(H,22,24). The predicted molar refractivity (Wildman–Crippen MR) is 96.7 cm³/mol. The van der Waals surface area contributed by atoms with Crippen molar-refractivity contribution in [3.8, 4) is 11.5 Å². The third-order valence-corrected chi connectivity index (χ3v) is 3.74. The van der Waals surface area contributed by atoms with Crippen molar-refractivity contribution < 1.29 is 14.6 Å². The van der Waals surface area contributed by atoms with E-state index >= 15 is 0 Å². The average molecular weight is 333 g/mol. The maximum absolute atomic E-state index is 12.5. The Labute approximate surface area is 146 Å². The highest BCUT2D eigenvalue weighted by Crippen LogP contribution is 2.25. The van der Waals surface area contributed by atoms with Crippen LogP contribution in [0.25, 0.3) is 0 Å². The fraction of sp³-hybridized carbons (Fsp3) is 0.0952. The molecule has 1 unspecified atom stereocenters. The number of benzene rings is 3. The van der Waals surface area contributed by atoms with Crippen LogP contribution in [-0.4, -0.2) is 17.6 Å². The van der Waals surface area contributed by atoms with Crippen LogP contribution in [0.15, 0.2) is 84.9 Å². The van der Waals surface area contributed by atoms with Crippen molar-refractivity contribution in [1.29, 1.82) is 0 Å². The van der Waals surface area contributed by atoms with Crippen molar-refractivity contribution in [3.63, 3.8) is 0 Å². The minimum atomic E-state index is -0.757. The second-order valence-corrected chi connectivity index (χ2v) is 5.55. The van der Waals surface area contributed by atoms with E-state index in [9.17, 15) is 9.90 Å². The second-order valence-electron chi connectivity index (χ2n) is 5.55. The zero-order valence-electron chi connectivity index (χ0n) is 13.6. The molecule has 1 atom stereocenters. The molecule has 3 aromatic carbocycles. The summed E-state index contributed by atoms with van der Waals surface area (Å²) in [7, 11) is 0. The fourth-order valence-electron chi connectivity index (χ4n) is 2.44. The van der Waals surface area contributed by atoms with Crippen LogP contribution in [0.3, 0.4) is 0 Å². The maximum atomic E-state index is 12.5. The number of rotatable bonds is 6. The van der Waals surface area contributed by atoms with E-state index in [2.05, 4.69) is 5.32 Å². The Hall–Kier alpha value is -3.11. The molecule has 0 spiro atoms. The van der Waals surface area contributed by atoms with Gasteiger partial charge in [-0.2, -0.15) is 0 Å². The van der Waals surface area contributed by atoms with Crippen LogP contribution in [0, 0.1) is 0 Å². The highest BCUT2D eigenvalue weighted by molar-refractivity contribution is 5.97. The van der Waals surface area contributed by atoms with Crippen molar-refractivity contribution >= 4 is 5.91 Å². The number of ether oxygens (including phenoxy) is 1. The molecule has 0 aliphatic carbocycles. The van der Waals surface area contributed by atoms with E-state index in [1.54, 1.807) is 18.2 Å². The van der Waals surface area contributed by atoms with Gasteiger partial charge in [0.05, 0.1) is 11.7 Å². The summed E-state index contributed by atoms with van der Waals surface area (Å²) in [5.41, 5.74) is 1.18. The second kappa shape index (κ2) is 8.13. The molecule has 0 aromatic heterocycles. The van der Waals surface area contributed by atoms with Crippen LogP contribution < -0.4 is 10.1 Å². The molecule has 3 rings (SSSR count). The van der Waals surface area contributed by atoms with Crippen LogP contribution in [0.5, 0.6) is 11.5 Å². The lowest BCUT2D eigenvalue weighted by molar-refractivity contribution is 0.0914. The lowest BCUT2D eigenvalue weighted by Crippen LogP contribution is -2.28. The van der Waals surface area contributed by atoms with Gasteiger partial charge in [-0.3, -0.25) is 4.79 Å². The highest BCUT2D eigenvalue weighted by Gasteiger charge is 2.14. The van der Waals surface area contributed by atoms with Gasteiger partial charge >= 0.3 is 0 Å². The van der Waals surface area contributed by atoms with Gasteiger partial charge in [-0.15, -0.1) is 0 Å². The number of aliphatic hydroxyl groups is 1. The van der Waals surface area contributed by atoms with Gasteiger partial charge in [-0.25, -0.2) is 0 Å². The van der Waals surface area contributed by atoms with Gasteiger partial charge in [-0.1, -0.05) is 60.7 Å².